The van der Waals surface area contributed by atoms with Gasteiger partial charge >= 0.3 is 0 Å². The van der Waals surface area contributed by atoms with Gasteiger partial charge in [-0.1, -0.05) is 11.2 Å². The monoisotopic (exact) mass is 302 g/mol. The Morgan fingerprint density at radius 2 is 2.14 bits per heavy atom. The number of benzene rings is 1. The predicted molar refractivity (Wildman–Crippen MR) is 83.2 cm³/mol. The van der Waals surface area contributed by atoms with Gasteiger partial charge in [-0.25, -0.2) is 0 Å². The molecule has 118 valence electrons. The molecule has 2 aromatic rings. The molecule has 2 heterocycles. The van der Waals surface area contributed by atoms with Gasteiger partial charge in [0.2, 0.25) is 0 Å². The van der Waals surface area contributed by atoms with E-state index in [1.54, 1.807) is 14.2 Å². The van der Waals surface area contributed by atoms with Gasteiger partial charge in [-0.05, 0) is 32.4 Å². The quantitative estimate of drug-likeness (QED) is 0.848. The summed E-state index contributed by atoms with van der Waals surface area (Å²) in [6, 6.07) is 8.34. The van der Waals surface area contributed by atoms with Crippen LogP contribution < -0.4 is 9.47 Å². The van der Waals surface area contributed by atoms with E-state index in [1.165, 1.54) is 6.42 Å². The van der Waals surface area contributed by atoms with Gasteiger partial charge in [-0.2, -0.15) is 0 Å². The van der Waals surface area contributed by atoms with Gasteiger partial charge in [0.15, 0.2) is 0 Å². The molecule has 0 bridgehead atoms. The number of nitrogens with zero attached hydrogens (tertiary/aromatic N) is 2. The van der Waals surface area contributed by atoms with Crippen LogP contribution in [0.15, 0.2) is 28.8 Å². The zero-order chi connectivity index (χ0) is 15.5. The van der Waals surface area contributed by atoms with Crippen molar-refractivity contribution in [3.05, 3.63) is 41.3 Å². The second-order valence-electron chi connectivity index (χ2n) is 5.67. The fourth-order valence-electron chi connectivity index (χ4n) is 3.09. The van der Waals surface area contributed by atoms with Crippen LogP contribution >= 0.6 is 0 Å². The summed E-state index contributed by atoms with van der Waals surface area (Å²) < 4.78 is 16.0. The van der Waals surface area contributed by atoms with Crippen LogP contribution in [0.3, 0.4) is 0 Å². The molecule has 0 spiro atoms. The molecule has 0 N–H and O–H groups in total. The molecule has 5 nitrogen and oxygen atoms in total. The third kappa shape index (κ3) is 2.95. The van der Waals surface area contributed by atoms with Gasteiger partial charge in [0.1, 0.15) is 23.0 Å². The van der Waals surface area contributed by atoms with Crippen LogP contribution in [0.5, 0.6) is 11.5 Å². The molecule has 0 unspecified atom stereocenters. The molecule has 0 radical (unpaired) electrons. The Morgan fingerprint density at radius 3 is 2.82 bits per heavy atom. The lowest BCUT2D eigenvalue weighted by Gasteiger charge is -2.23. The summed E-state index contributed by atoms with van der Waals surface area (Å²) in [4.78, 5) is 2.43. The smallest absolute Gasteiger partial charge is 0.133 e. The van der Waals surface area contributed by atoms with Crippen molar-refractivity contribution in [1.29, 1.82) is 0 Å². The standard InChI is InChI=1S/C17H22N2O3/c1-12-9-15(18-22-12)16-5-4-8-19(16)11-13-6-7-14(20-2)10-17(13)21-3/h6-7,9-10,16H,4-5,8,11H2,1-3H3/t16-/m0/s1. The first-order valence-corrected chi connectivity index (χ1v) is 7.59. The molecule has 22 heavy (non-hydrogen) atoms. The fourth-order valence-corrected chi connectivity index (χ4v) is 3.09. The molecular formula is C17H22N2O3. The van der Waals surface area contributed by atoms with Crippen molar-refractivity contribution in [2.24, 2.45) is 0 Å². The summed E-state index contributed by atoms with van der Waals surface area (Å²) >= 11 is 0. The summed E-state index contributed by atoms with van der Waals surface area (Å²) in [6.07, 6.45) is 2.29. The van der Waals surface area contributed by atoms with E-state index in [0.717, 1.165) is 48.0 Å². The van der Waals surface area contributed by atoms with E-state index in [2.05, 4.69) is 16.1 Å². The number of aryl methyl sites for hydroxylation is 1. The molecule has 1 saturated heterocycles. The second-order valence-corrected chi connectivity index (χ2v) is 5.67. The first kappa shape index (κ1) is 14.9. The topological polar surface area (TPSA) is 47.7 Å². The Kier molecular flexibility index (Phi) is 4.34. The lowest BCUT2D eigenvalue weighted by molar-refractivity contribution is 0.233. The second kappa shape index (κ2) is 6.40. The molecule has 3 rings (SSSR count). The minimum absolute atomic E-state index is 0.323. The summed E-state index contributed by atoms with van der Waals surface area (Å²) in [5, 5.41) is 4.19. The maximum absolute atomic E-state index is 5.50. The number of hydrogen-bond acceptors (Lipinski definition) is 5. The van der Waals surface area contributed by atoms with Crippen molar-refractivity contribution >= 4 is 0 Å². The van der Waals surface area contributed by atoms with E-state index in [0.29, 0.717) is 6.04 Å². The molecule has 0 saturated carbocycles. The van der Waals surface area contributed by atoms with Crippen LogP contribution in [0.2, 0.25) is 0 Å². The van der Waals surface area contributed by atoms with Gasteiger partial charge in [-0.3, -0.25) is 4.90 Å². The minimum Gasteiger partial charge on any atom is -0.497 e. The highest BCUT2D eigenvalue weighted by molar-refractivity contribution is 5.40. The van der Waals surface area contributed by atoms with Crippen molar-refractivity contribution < 1.29 is 14.0 Å². The van der Waals surface area contributed by atoms with Crippen LogP contribution in [-0.4, -0.2) is 30.8 Å². The first-order chi connectivity index (χ1) is 10.7. The summed E-state index contributed by atoms with van der Waals surface area (Å²) in [5.41, 5.74) is 2.19. The van der Waals surface area contributed by atoms with E-state index in [4.69, 9.17) is 14.0 Å². The normalized spacial score (nSPS) is 18.6. The van der Waals surface area contributed by atoms with Crippen LogP contribution in [0, 0.1) is 6.92 Å². The molecule has 1 atom stereocenters. The molecule has 1 aliphatic heterocycles. The third-order valence-electron chi connectivity index (χ3n) is 4.22. The summed E-state index contributed by atoms with van der Waals surface area (Å²) in [7, 11) is 3.36. The van der Waals surface area contributed by atoms with Crippen molar-refractivity contribution in [3.8, 4) is 11.5 Å². The van der Waals surface area contributed by atoms with Gasteiger partial charge in [0, 0.05) is 24.2 Å². The largest absolute Gasteiger partial charge is 0.497 e. The Labute approximate surface area is 130 Å². The lowest BCUT2D eigenvalue weighted by atomic mass is 10.1. The Morgan fingerprint density at radius 1 is 1.27 bits per heavy atom. The Hall–Kier alpha value is -2.01. The average Bonchev–Trinajstić information content (AvgIpc) is 3.16. The van der Waals surface area contributed by atoms with E-state index in [9.17, 15) is 0 Å². The van der Waals surface area contributed by atoms with E-state index >= 15 is 0 Å². The van der Waals surface area contributed by atoms with Crippen LogP contribution in [0.1, 0.15) is 35.9 Å². The molecule has 1 fully saturated rings. The molecule has 5 heteroatoms. The highest BCUT2D eigenvalue weighted by atomic mass is 16.5. The Balaban J connectivity index is 1.80. The maximum Gasteiger partial charge on any atom is 0.133 e. The van der Waals surface area contributed by atoms with Crippen molar-refractivity contribution in [3.63, 3.8) is 0 Å². The van der Waals surface area contributed by atoms with Crippen molar-refractivity contribution in [2.45, 2.75) is 32.4 Å². The highest BCUT2D eigenvalue weighted by Gasteiger charge is 2.29. The van der Waals surface area contributed by atoms with Gasteiger partial charge in [0.25, 0.3) is 0 Å². The number of ether oxygens (including phenoxy) is 2. The maximum atomic E-state index is 5.50. The summed E-state index contributed by atoms with van der Waals surface area (Å²) in [5.74, 6) is 2.54. The SMILES string of the molecule is COc1ccc(CN2CCC[C@H]2c2cc(C)on2)c(OC)c1. The Bertz CT molecular complexity index is 639. The third-order valence-corrected chi connectivity index (χ3v) is 4.22. The molecular weight excluding hydrogens is 280 g/mol. The number of methoxy groups -OCH3 is 2. The molecule has 1 aromatic carbocycles. The number of rotatable bonds is 5. The van der Waals surface area contributed by atoms with Crippen molar-refractivity contribution in [2.75, 3.05) is 20.8 Å². The van der Waals surface area contributed by atoms with Crippen LogP contribution in [-0.2, 0) is 6.54 Å². The summed E-state index contributed by atoms with van der Waals surface area (Å²) in [6.45, 7) is 3.83. The van der Waals surface area contributed by atoms with Crippen molar-refractivity contribution in [1.82, 2.24) is 10.1 Å². The fraction of sp³-hybridized carbons (Fsp3) is 0.471. The van der Waals surface area contributed by atoms with Gasteiger partial charge in [0.05, 0.1) is 20.3 Å². The average molecular weight is 302 g/mol. The molecule has 1 aliphatic rings. The first-order valence-electron chi connectivity index (χ1n) is 7.59. The van der Waals surface area contributed by atoms with E-state index in [-0.39, 0.29) is 0 Å². The van der Waals surface area contributed by atoms with E-state index < -0.39 is 0 Å². The number of hydrogen-bond donors (Lipinski definition) is 0. The van der Waals surface area contributed by atoms with Crippen LogP contribution in [0.25, 0.3) is 0 Å². The predicted octanol–water partition coefficient (Wildman–Crippen LogP) is 3.34. The highest BCUT2D eigenvalue weighted by Crippen LogP contribution is 2.35. The zero-order valence-electron chi connectivity index (χ0n) is 13.3. The molecule has 0 aliphatic carbocycles. The number of likely N-dealkylation sites (tertiary alicyclic amines) is 1. The van der Waals surface area contributed by atoms with Gasteiger partial charge < -0.3 is 14.0 Å². The lowest BCUT2D eigenvalue weighted by Crippen LogP contribution is -2.23. The molecule has 0 amide bonds. The van der Waals surface area contributed by atoms with E-state index in [1.807, 2.05) is 25.1 Å². The van der Waals surface area contributed by atoms with Gasteiger partial charge in [-0.15, -0.1) is 0 Å². The van der Waals surface area contributed by atoms with Crippen LogP contribution in [0.4, 0.5) is 0 Å². The number of aromatic nitrogens is 1. The minimum atomic E-state index is 0.323. The molecule has 1 aromatic heterocycles. The zero-order valence-corrected chi connectivity index (χ0v) is 13.3.